The molecule has 1 heterocycles. The summed E-state index contributed by atoms with van der Waals surface area (Å²) in [5, 5.41) is 3.19. The lowest BCUT2D eigenvalue weighted by molar-refractivity contribution is -0.181. The monoisotopic (exact) mass is 516 g/mol. The van der Waals surface area contributed by atoms with Crippen molar-refractivity contribution in [3.63, 3.8) is 0 Å². The lowest BCUT2D eigenvalue weighted by atomic mass is 10.2. The number of hydrogen-bond donors (Lipinski definition) is 1. The number of aliphatic imine (C=N–C) groups is 1. The average molecular weight is 516 g/mol. The molecule has 0 amide bonds. The predicted octanol–water partition coefficient (Wildman–Crippen LogP) is 2.84. The fraction of sp³-hybridized carbons (Fsp3) is 0.611. The van der Waals surface area contributed by atoms with Crippen LogP contribution in [0.5, 0.6) is 11.5 Å². The second-order valence-electron chi connectivity index (χ2n) is 6.24. The van der Waals surface area contributed by atoms with E-state index in [-0.39, 0.29) is 24.0 Å². The van der Waals surface area contributed by atoms with Crippen molar-refractivity contribution < 1.29 is 22.6 Å². The molecular formula is C18H28F3IN4O2. The first-order chi connectivity index (χ1) is 12.8. The number of guanidine groups is 1. The summed E-state index contributed by atoms with van der Waals surface area (Å²) in [5.41, 5.74) is 0. The molecule has 6 nitrogen and oxygen atoms in total. The summed E-state index contributed by atoms with van der Waals surface area (Å²) in [6.45, 7) is 3.89. The Labute approximate surface area is 181 Å². The van der Waals surface area contributed by atoms with Crippen LogP contribution in [0, 0.1) is 0 Å². The lowest BCUT2D eigenvalue weighted by Crippen LogP contribution is -2.57. The zero-order chi connectivity index (χ0) is 19.9. The van der Waals surface area contributed by atoms with Crippen LogP contribution in [0.15, 0.2) is 29.3 Å². The van der Waals surface area contributed by atoms with Gasteiger partial charge >= 0.3 is 6.18 Å². The molecule has 1 unspecified atom stereocenters. The molecule has 0 spiro atoms. The molecule has 0 aromatic heterocycles. The van der Waals surface area contributed by atoms with Crippen molar-refractivity contribution in [3.05, 3.63) is 24.3 Å². The summed E-state index contributed by atoms with van der Waals surface area (Å²) in [6, 6.07) is 5.88. The highest BCUT2D eigenvalue weighted by Gasteiger charge is 2.41. The number of hydrogen-bond acceptors (Lipinski definition) is 4. The van der Waals surface area contributed by atoms with Crippen molar-refractivity contribution >= 4 is 29.9 Å². The minimum Gasteiger partial charge on any atom is -0.497 e. The van der Waals surface area contributed by atoms with E-state index in [9.17, 15) is 13.2 Å². The van der Waals surface area contributed by atoms with Crippen LogP contribution in [-0.2, 0) is 0 Å². The van der Waals surface area contributed by atoms with Gasteiger partial charge in [-0.05, 0) is 31.2 Å². The second-order valence-corrected chi connectivity index (χ2v) is 6.24. The third-order valence-corrected chi connectivity index (χ3v) is 4.56. The highest BCUT2D eigenvalue weighted by atomic mass is 127. The van der Waals surface area contributed by atoms with Gasteiger partial charge in [0.05, 0.1) is 13.7 Å². The summed E-state index contributed by atoms with van der Waals surface area (Å²) >= 11 is 0. The van der Waals surface area contributed by atoms with Gasteiger partial charge in [0, 0.05) is 33.2 Å². The summed E-state index contributed by atoms with van der Waals surface area (Å²) < 4.78 is 49.2. The number of ether oxygens (including phenoxy) is 2. The molecule has 0 radical (unpaired) electrons. The third kappa shape index (κ3) is 7.19. The smallest absolute Gasteiger partial charge is 0.403 e. The maximum Gasteiger partial charge on any atom is 0.403 e. The van der Waals surface area contributed by atoms with Crippen molar-refractivity contribution in [1.82, 2.24) is 15.1 Å². The van der Waals surface area contributed by atoms with Gasteiger partial charge in [0.2, 0.25) is 0 Å². The fourth-order valence-corrected chi connectivity index (χ4v) is 2.86. The first-order valence-corrected chi connectivity index (χ1v) is 8.88. The van der Waals surface area contributed by atoms with Gasteiger partial charge < -0.3 is 19.7 Å². The molecule has 0 aliphatic carbocycles. The van der Waals surface area contributed by atoms with Crippen molar-refractivity contribution in [2.75, 3.05) is 53.5 Å². The standard InChI is InChI=1S/C18H27F3N4O2.HI/c1-14(18(19,20)21)24-9-11-25(12-10-24)17(22-2)23-8-13-27-16-6-4-15(26-3)5-7-16;/h4-7,14H,8-13H2,1-3H3,(H,22,23);1H. The van der Waals surface area contributed by atoms with E-state index in [0.717, 1.165) is 11.5 Å². The number of methoxy groups -OCH3 is 1. The Morgan fingerprint density at radius 2 is 1.71 bits per heavy atom. The number of rotatable bonds is 6. The topological polar surface area (TPSA) is 49.3 Å². The maximum absolute atomic E-state index is 12.8. The van der Waals surface area contributed by atoms with E-state index in [1.807, 2.05) is 29.2 Å². The fourth-order valence-electron chi connectivity index (χ4n) is 2.86. The Morgan fingerprint density at radius 3 is 2.21 bits per heavy atom. The molecule has 28 heavy (non-hydrogen) atoms. The van der Waals surface area contributed by atoms with Crippen molar-refractivity contribution in [2.24, 2.45) is 4.99 Å². The van der Waals surface area contributed by atoms with Crippen LogP contribution in [0.25, 0.3) is 0 Å². The number of nitrogens with zero attached hydrogens (tertiary/aromatic N) is 3. The summed E-state index contributed by atoms with van der Waals surface area (Å²) in [6.07, 6.45) is -4.19. The van der Waals surface area contributed by atoms with Crippen LogP contribution in [0.1, 0.15) is 6.92 Å². The van der Waals surface area contributed by atoms with Crippen molar-refractivity contribution in [1.29, 1.82) is 0 Å². The van der Waals surface area contributed by atoms with Crippen molar-refractivity contribution in [2.45, 2.75) is 19.1 Å². The van der Waals surface area contributed by atoms with E-state index >= 15 is 0 Å². The molecule has 1 fully saturated rings. The highest BCUT2D eigenvalue weighted by molar-refractivity contribution is 14.0. The van der Waals surface area contributed by atoms with Gasteiger partial charge in [0.15, 0.2) is 5.96 Å². The first kappa shape index (κ1) is 24.6. The normalized spacial score (nSPS) is 16.9. The number of benzene rings is 1. The Kier molecular flexibility index (Phi) is 10.1. The van der Waals surface area contributed by atoms with Crippen LogP contribution < -0.4 is 14.8 Å². The Balaban J connectivity index is 0.00000392. The van der Waals surface area contributed by atoms with Crippen LogP contribution in [0.4, 0.5) is 13.2 Å². The first-order valence-electron chi connectivity index (χ1n) is 8.88. The number of alkyl halides is 3. The molecule has 0 bridgehead atoms. The Morgan fingerprint density at radius 1 is 1.14 bits per heavy atom. The second kappa shape index (κ2) is 11.5. The zero-order valence-corrected chi connectivity index (χ0v) is 18.7. The van der Waals surface area contributed by atoms with E-state index in [2.05, 4.69) is 10.3 Å². The van der Waals surface area contributed by atoms with E-state index in [1.165, 1.54) is 11.8 Å². The molecule has 1 aromatic rings. The molecular weight excluding hydrogens is 488 g/mol. The van der Waals surface area contributed by atoms with Gasteiger partial charge in [-0.15, -0.1) is 24.0 Å². The largest absolute Gasteiger partial charge is 0.497 e. The van der Waals surface area contributed by atoms with Gasteiger partial charge in [0.1, 0.15) is 24.1 Å². The minimum absolute atomic E-state index is 0. The van der Waals surface area contributed by atoms with E-state index in [0.29, 0.717) is 45.3 Å². The molecule has 1 saturated heterocycles. The maximum atomic E-state index is 12.8. The average Bonchev–Trinajstić information content (AvgIpc) is 2.67. The molecule has 1 aliphatic rings. The Bertz CT molecular complexity index is 606. The van der Waals surface area contributed by atoms with Gasteiger partial charge in [-0.25, -0.2) is 0 Å². The van der Waals surface area contributed by atoms with Gasteiger partial charge in [-0.1, -0.05) is 0 Å². The number of halogens is 4. The molecule has 0 saturated carbocycles. The zero-order valence-electron chi connectivity index (χ0n) is 16.3. The molecule has 160 valence electrons. The van der Waals surface area contributed by atoms with Gasteiger partial charge in [-0.3, -0.25) is 9.89 Å². The van der Waals surface area contributed by atoms with Crippen molar-refractivity contribution in [3.8, 4) is 11.5 Å². The highest BCUT2D eigenvalue weighted by Crippen LogP contribution is 2.25. The molecule has 1 aromatic carbocycles. The summed E-state index contributed by atoms with van der Waals surface area (Å²) in [5.74, 6) is 2.18. The Hall–Kier alpha value is -1.43. The molecule has 10 heteroatoms. The van der Waals surface area contributed by atoms with Gasteiger partial charge in [0.25, 0.3) is 0 Å². The summed E-state index contributed by atoms with van der Waals surface area (Å²) in [4.78, 5) is 7.64. The summed E-state index contributed by atoms with van der Waals surface area (Å²) in [7, 11) is 3.27. The van der Waals surface area contributed by atoms with E-state index in [1.54, 1.807) is 14.2 Å². The lowest BCUT2D eigenvalue weighted by Gasteiger charge is -2.39. The number of piperazine rings is 1. The van der Waals surface area contributed by atoms with Crippen LogP contribution in [0.3, 0.4) is 0 Å². The van der Waals surface area contributed by atoms with Crippen LogP contribution >= 0.6 is 24.0 Å². The van der Waals surface area contributed by atoms with Crippen LogP contribution in [0.2, 0.25) is 0 Å². The molecule has 1 atom stereocenters. The molecule has 1 N–H and O–H groups in total. The predicted molar refractivity (Wildman–Crippen MR) is 114 cm³/mol. The quantitative estimate of drug-likeness (QED) is 0.273. The van der Waals surface area contributed by atoms with Gasteiger partial charge in [-0.2, -0.15) is 13.2 Å². The minimum atomic E-state index is -4.19. The van der Waals surface area contributed by atoms with E-state index in [4.69, 9.17) is 9.47 Å². The SMILES string of the molecule is CN=C(NCCOc1ccc(OC)cc1)N1CCN(C(C)C(F)(F)F)CC1.I. The molecule has 1 aliphatic heterocycles. The van der Waals surface area contributed by atoms with E-state index < -0.39 is 12.2 Å². The number of nitrogens with one attached hydrogen (secondary N) is 1. The third-order valence-electron chi connectivity index (χ3n) is 4.56. The van der Waals surface area contributed by atoms with Crippen LogP contribution in [-0.4, -0.2) is 81.5 Å². The molecule has 2 rings (SSSR count).